The Kier molecular flexibility index (Phi) is 4.90. The molecular formula is C13H19ClN2O3S. The van der Waals surface area contributed by atoms with Crippen molar-refractivity contribution in [2.24, 2.45) is 0 Å². The zero-order valence-electron chi connectivity index (χ0n) is 11.3. The van der Waals surface area contributed by atoms with Gasteiger partial charge in [0.05, 0.1) is 11.3 Å². The van der Waals surface area contributed by atoms with Gasteiger partial charge in [0, 0.05) is 25.7 Å². The summed E-state index contributed by atoms with van der Waals surface area (Å²) in [6, 6.07) is 5.43. The van der Waals surface area contributed by atoms with Gasteiger partial charge in [0.15, 0.2) is 0 Å². The maximum atomic E-state index is 11.4. The second-order valence-electron chi connectivity index (χ2n) is 5.10. The van der Waals surface area contributed by atoms with Gasteiger partial charge in [-0.2, -0.15) is 0 Å². The molecule has 1 aromatic carbocycles. The largest absolute Gasteiger partial charge is 0.506 e. The van der Waals surface area contributed by atoms with Crippen LogP contribution in [-0.2, 0) is 16.6 Å². The number of benzene rings is 1. The summed E-state index contributed by atoms with van der Waals surface area (Å²) in [6.07, 6.45) is 2.86. The van der Waals surface area contributed by atoms with E-state index in [4.69, 9.17) is 11.6 Å². The summed E-state index contributed by atoms with van der Waals surface area (Å²) in [6.45, 7) is 1.78. The van der Waals surface area contributed by atoms with E-state index in [-0.39, 0.29) is 5.75 Å². The number of hydrogen-bond acceptors (Lipinski definition) is 4. The van der Waals surface area contributed by atoms with Gasteiger partial charge in [0.1, 0.15) is 5.75 Å². The molecule has 7 heteroatoms. The lowest BCUT2D eigenvalue weighted by Gasteiger charge is -2.30. The van der Waals surface area contributed by atoms with E-state index in [1.807, 2.05) is 6.07 Å². The molecule has 112 valence electrons. The summed E-state index contributed by atoms with van der Waals surface area (Å²) in [4.78, 5) is 0. The van der Waals surface area contributed by atoms with Gasteiger partial charge in [-0.15, -0.1) is 0 Å². The van der Waals surface area contributed by atoms with E-state index in [9.17, 15) is 13.5 Å². The molecule has 20 heavy (non-hydrogen) atoms. The van der Waals surface area contributed by atoms with Gasteiger partial charge in [-0.25, -0.2) is 12.7 Å². The van der Waals surface area contributed by atoms with Gasteiger partial charge in [-0.1, -0.05) is 17.7 Å². The molecule has 1 fully saturated rings. The van der Waals surface area contributed by atoms with E-state index in [0.29, 0.717) is 30.7 Å². The third-order valence-electron chi connectivity index (χ3n) is 3.53. The van der Waals surface area contributed by atoms with Gasteiger partial charge in [0.25, 0.3) is 0 Å². The number of nitrogens with one attached hydrogen (secondary N) is 1. The van der Waals surface area contributed by atoms with E-state index in [2.05, 4.69) is 5.32 Å². The van der Waals surface area contributed by atoms with Crippen molar-refractivity contribution in [2.75, 3.05) is 19.3 Å². The van der Waals surface area contributed by atoms with E-state index >= 15 is 0 Å². The van der Waals surface area contributed by atoms with Gasteiger partial charge >= 0.3 is 0 Å². The van der Waals surface area contributed by atoms with Crippen LogP contribution in [0.25, 0.3) is 0 Å². The summed E-state index contributed by atoms with van der Waals surface area (Å²) in [7, 11) is -3.07. The van der Waals surface area contributed by atoms with Crippen LogP contribution >= 0.6 is 11.6 Å². The SMILES string of the molecule is CS(=O)(=O)N1CCC(NCc2ccc(O)c(Cl)c2)CC1. The highest BCUT2D eigenvalue weighted by atomic mass is 35.5. The maximum absolute atomic E-state index is 11.4. The highest BCUT2D eigenvalue weighted by Gasteiger charge is 2.24. The first kappa shape index (κ1) is 15.6. The van der Waals surface area contributed by atoms with Crippen molar-refractivity contribution in [3.05, 3.63) is 28.8 Å². The van der Waals surface area contributed by atoms with E-state index in [1.165, 1.54) is 10.6 Å². The van der Waals surface area contributed by atoms with E-state index < -0.39 is 10.0 Å². The molecule has 0 aromatic heterocycles. The summed E-state index contributed by atoms with van der Waals surface area (Å²) in [5.74, 6) is 0.0804. The number of sulfonamides is 1. The van der Waals surface area contributed by atoms with E-state index in [1.54, 1.807) is 12.1 Å². The minimum absolute atomic E-state index is 0.0804. The predicted molar refractivity (Wildman–Crippen MR) is 79.4 cm³/mol. The van der Waals surface area contributed by atoms with Crippen molar-refractivity contribution in [1.82, 2.24) is 9.62 Å². The molecule has 1 aromatic rings. The smallest absolute Gasteiger partial charge is 0.211 e. The Labute approximate surface area is 124 Å². The maximum Gasteiger partial charge on any atom is 0.211 e. The van der Waals surface area contributed by atoms with Crippen LogP contribution in [0, 0.1) is 0 Å². The number of phenols is 1. The van der Waals surface area contributed by atoms with Crippen molar-refractivity contribution in [3.63, 3.8) is 0 Å². The summed E-state index contributed by atoms with van der Waals surface area (Å²) < 4.78 is 24.3. The van der Waals surface area contributed by atoms with Crippen LogP contribution in [0.5, 0.6) is 5.75 Å². The van der Waals surface area contributed by atoms with Gasteiger partial charge in [0.2, 0.25) is 10.0 Å². The molecule has 0 unspecified atom stereocenters. The molecule has 2 rings (SSSR count). The molecule has 1 heterocycles. The summed E-state index contributed by atoms with van der Waals surface area (Å²) >= 11 is 5.85. The Balaban J connectivity index is 1.83. The molecule has 0 atom stereocenters. The highest BCUT2D eigenvalue weighted by Crippen LogP contribution is 2.23. The number of piperidine rings is 1. The Bertz CT molecular complexity index is 569. The van der Waals surface area contributed by atoms with Crippen molar-refractivity contribution in [1.29, 1.82) is 0 Å². The fourth-order valence-corrected chi connectivity index (χ4v) is 3.39. The third-order valence-corrected chi connectivity index (χ3v) is 5.14. The zero-order valence-corrected chi connectivity index (χ0v) is 12.9. The van der Waals surface area contributed by atoms with Crippen LogP contribution < -0.4 is 5.32 Å². The average molecular weight is 319 g/mol. The van der Waals surface area contributed by atoms with Crippen LogP contribution in [0.2, 0.25) is 5.02 Å². The van der Waals surface area contributed by atoms with Gasteiger partial charge in [-0.05, 0) is 30.5 Å². The molecule has 0 amide bonds. The second kappa shape index (κ2) is 6.30. The molecule has 0 saturated carbocycles. The fourth-order valence-electron chi connectivity index (χ4n) is 2.31. The fraction of sp³-hybridized carbons (Fsp3) is 0.538. The van der Waals surface area contributed by atoms with Gasteiger partial charge in [-0.3, -0.25) is 0 Å². The zero-order chi connectivity index (χ0) is 14.8. The lowest BCUT2D eigenvalue weighted by Crippen LogP contribution is -2.44. The van der Waals surface area contributed by atoms with Gasteiger partial charge < -0.3 is 10.4 Å². The van der Waals surface area contributed by atoms with Crippen molar-refractivity contribution < 1.29 is 13.5 Å². The third kappa shape index (κ3) is 4.09. The molecule has 1 saturated heterocycles. The first-order valence-electron chi connectivity index (χ1n) is 6.52. The predicted octanol–water partition coefficient (Wildman–Crippen LogP) is 1.56. The van der Waals surface area contributed by atoms with Crippen LogP contribution in [0.4, 0.5) is 0 Å². The number of aromatic hydroxyl groups is 1. The number of hydrogen-bond donors (Lipinski definition) is 2. The van der Waals surface area contributed by atoms with Crippen LogP contribution in [0.3, 0.4) is 0 Å². The molecule has 0 radical (unpaired) electrons. The topological polar surface area (TPSA) is 69.6 Å². The number of halogens is 1. The number of nitrogens with zero attached hydrogens (tertiary/aromatic N) is 1. The minimum atomic E-state index is -3.07. The molecular weight excluding hydrogens is 300 g/mol. The normalized spacial score (nSPS) is 18.3. The summed E-state index contributed by atoms with van der Waals surface area (Å²) in [5, 5.41) is 13.1. The monoisotopic (exact) mass is 318 g/mol. The Morgan fingerprint density at radius 3 is 2.60 bits per heavy atom. The van der Waals surface area contributed by atoms with Crippen LogP contribution in [0.1, 0.15) is 18.4 Å². The van der Waals surface area contributed by atoms with Crippen LogP contribution in [-0.4, -0.2) is 43.2 Å². The number of rotatable bonds is 4. The quantitative estimate of drug-likeness (QED) is 0.884. The van der Waals surface area contributed by atoms with E-state index in [0.717, 1.165) is 18.4 Å². The van der Waals surface area contributed by atoms with Crippen LogP contribution in [0.15, 0.2) is 18.2 Å². The second-order valence-corrected chi connectivity index (χ2v) is 7.49. The summed E-state index contributed by atoms with van der Waals surface area (Å²) in [5.41, 5.74) is 0.998. The van der Waals surface area contributed by atoms with Crippen molar-refractivity contribution in [2.45, 2.75) is 25.4 Å². The Morgan fingerprint density at radius 1 is 1.40 bits per heavy atom. The lowest BCUT2D eigenvalue weighted by atomic mass is 10.1. The van der Waals surface area contributed by atoms with Crippen molar-refractivity contribution in [3.8, 4) is 5.75 Å². The molecule has 2 N–H and O–H groups in total. The first-order chi connectivity index (χ1) is 9.36. The Morgan fingerprint density at radius 2 is 2.05 bits per heavy atom. The lowest BCUT2D eigenvalue weighted by molar-refractivity contribution is 0.290. The molecule has 1 aliphatic heterocycles. The molecule has 0 spiro atoms. The Hall–Kier alpha value is -0.820. The number of phenolic OH excluding ortho intramolecular Hbond substituents is 1. The standard InChI is InChI=1S/C13H19ClN2O3S/c1-20(18,19)16-6-4-11(5-7-16)15-9-10-2-3-13(17)12(14)8-10/h2-3,8,11,15,17H,4-7,9H2,1H3. The van der Waals surface area contributed by atoms with Crippen molar-refractivity contribution >= 4 is 21.6 Å². The molecule has 0 aliphatic carbocycles. The first-order valence-corrected chi connectivity index (χ1v) is 8.75. The molecule has 1 aliphatic rings. The minimum Gasteiger partial charge on any atom is -0.506 e. The average Bonchev–Trinajstić information content (AvgIpc) is 2.40. The highest BCUT2D eigenvalue weighted by molar-refractivity contribution is 7.88. The molecule has 5 nitrogen and oxygen atoms in total. The molecule has 0 bridgehead atoms.